The van der Waals surface area contributed by atoms with Gasteiger partial charge >= 0.3 is 0 Å². The number of rotatable bonds is 6. The maximum Gasteiger partial charge on any atom is 0.147 e. The van der Waals surface area contributed by atoms with Crippen LogP contribution in [0.2, 0.25) is 5.02 Å². The lowest BCUT2D eigenvalue weighted by Gasteiger charge is -2.15. The van der Waals surface area contributed by atoms with Gasteiger partial charge in [-0.05, 0) is 24.3 Å². The van der Waals surface area contributed by atoms with Gasteiger partial charge < -0.3 is 15.2 Å². The number of ether oxygens (including phenoxy) is 1. The van der Waals surface area contributed by atoms with Crippen LogP contribution in [0.15, 0.2) is 48.5 Å². The quantitative estimate of drug-likeness (QED) is 0.859. The Balaban J connectivity index is 1.82. The Morgan fingerprint density at radius 1 is 1.15 bits per heavy atom. The van der Waals surface area contributed by atoms with E-state index in [2.05, 4.69) is 5.32 Å². The molecule has 2 aromatic rings. The van der Waals surface area contributed by atoms with Crippen LogP contribution in [-0.4, -0.2) is 24.4 Å². The Bertz CT molecular complexity index is 531. The Labute approximate surface area is 122 Å². The minimum Gasteiger partial charge on any atom is -0.491 e. The third kappa shape index (κ3) is 4.11. The molecule has 0 spiro atoms. The predicted molar refractivity (Wildman–Crippen MR) is 77.8 cm³/mol. The molecule has 5 heteroatoms. The van der Waals surface area contributed by atoms with Crippen LogP contribution in [-0.2, 0) is 0 Å². The molecular weight excluding hydrogens is 281 g/mol. The summed E-state index contributed by atoms with van der Waals surface area (Å²) in [5, 5.41) is 12.9. The highest BCUT2D eigenvalue weighted by Gasteiger charge is 2.10. The second-order valence-electron chi connectivity index (χ2n) is 4.26. The molecule has 106 valence electrons. The van der Waals surface area contributed by atoms with E-state index >= 15 is 0 Å². The van der Waals surface area contributed by atoms with Crippen LogP contribution in [0.5, 0.6) is 5.75 Å². The fourth-order valence-corrected chi connectivity index (χ4v) is 1.88. The Morgan fingerprint density at radius 3 is 2.60 bits per heavy atom. The normalized spacial score (nSPS) is 11.9. The van der Waals surface area contributed by atoms with Gasteiger partial charge in [0.25, 0.3) is 0 Å². The average molecular weight is 296 g/mol. The molecule has 1 atom stereocenters. The van der Waals surface area contributed by atoms with E-state index in [1.54, 1.807) is 18.2 Å². The van der Waals surface area contributed by atoms with E-state index in [1.165, 1.54) is 12.1 Å². The van der Waals surface area contributed by atoms with E-state index in [1.807, 2.05) is 18.2 Å². The van der Waals surface area contributed by atoms with Gasteiger partial charge in [-0.3, -0.25) is 0 Å². The maximum atomic E-state index is 13.5. The van der Waals surface area contributed by atoms with Crippen molar-refractivity contribution in [3.8, 4) is 5.75 Å². The summed E-state index contributed by atoms with van der Waals surface area (Å²) in [6, 6.07) is 13.6. The van der Waals surface area contributed by atoms with Crippen molar-refractivity contribution in [2.75, 3.05) is 18.5 Å². The highest BCUT2D eigenvalue weighted by Crippen LogP contribution is 2.24. The summed E-state index contributed by atoms with van der Waals surface area (Å²) in [6.07, 6.45) is -0.772. The molecular formula is C15H15ClFNO2. The molecule has 0 saturated carbocycles. The summed E-state index contributed by atoms with van der Waals surface area (Å²) < 4.78 is 18.9. The molecule has 2 rings (SSSR count). The second-order valence-corrected chi connectivity index (χ2v) is 4.66. The van der Waals surface area contributed by atoms with Crippen LogP contribution in [0.4, 0.5) is 10.1 Å². The molecule has 0 heterocycles. The molecule has 0 amide bonds. The first-order valence-corrected chi connectivity index (χ1v) is 6.58. The zero-order valence-corrected chi connectivity index (χ0v) is 11.5. The number of anilines is 1. The fourth-order valence-electron chi connectivity index (χ4n) is 1.65. The summed E-state index contributed by atoms with van der Waals surface area (Å²) in [7, 11) is 0. The molecule has 0 aliphatic rings. The minimum atomic E-state index is -0.772. The summed E-state index contributed by atoms with van der Waals surface area (Å²) >= 11 is 5.87. The van der Waals surface area contributed by atoms with Gasteiger partial charge in [0.05, 0.1) is 10.7 Å². The summed E-state index contributed by atoms with van der Waals surface area (Å²) in [5.41, 5.74) is 0.188. The molecule has 2 N–H and O–H groups in total. The Morgan fingerprint density at radius 2 is 1.90 bits per heavy atom. The fraction of sp³-hybridized carbons (Fsp3) is 0.200. The molecule has 0 aliphatic heterocycles. The van der Waals surface area contributed by atoms with Crippen LogP contribution in [0.1, 0.15) is 0 Å². The average Bonchev–Trinajstić information content (AvgIpc) is 2.46. The zero-order chi connectivity index (χ0) is 14.4. The van der Waals surface area contributed by atoms with Crippen molar-refractivity contribution < 1.29 is 14.2 Å². The SMILES string of the molecule is OC(CNc1c(F)cccc1Cl)COc1ccccc1. The third-order valence-electron chi connectivity index (χ3n) is 2.66. The first-order chi connectivity index (χ1) is 9.66. The van der Waals surface area contributed by atoms with Crippen LogP contribution in [0, 0.1) is 5.82 Å². The Kier molecular flexibility index (Phi) is 5.21. The number of aliphatic hydroxyl groups excluding tert-OH is 1. The van der Waals surface area contributed by atoms with Crippen molar-refractivity contribution in [3.05, 3.63) is 59.4 Å². The predicted octanol–water partition coefficient (Wildman–Crippen LogP) is 3.33. The van der Waals surface area contributed by atoms with Gasteiger partial charge in [-0.2, -0.15) is 0 Å². The van der Waals surface area contributed by atoms with Gasteiger partial charge in [0.2, 0.25) is 0 Å². The number of nitrogens with one attached hydrogen (secondary N) is 1. The molecule has 0 aromatic heterocycles. The number of hydrogen-bond donors (Lipinski definition) is 2. The monoisotopic (exact) mass is 295 g/mol. The summed E-state index contributed by atoms with van der Waals surface area (Å²) in [5.74, 6) is 0.226. The maximum absolute atomic E-state index is 13.5. The third-order valence-corrected chi connectivity index (χ3v) is 2.98. The van der Waals surface area contributed by atoms with Gasteiger partial charge in [-0.25, -0.2) is 4.39 Å². The van der Waals surface area contributed by atoms with Crippen LogP contribution >= 0.6 is 11.6 Å². The molecule has 2 aromatic carbocycles. The topological polar surface area (TPSA) is 41.5 Å². The second kappa shape index (κ2) is 7.12. The van der Waals surface area contributed by atoms with E-state index in [0.717, 1.165) is 0 Å². The van der Waals surface area contributed by atoms with E-state index in [-0.39, 0.29) is 23.9 Å². The lowest BCUT2D eigenvalue weighted by Crippen LogP contribution is -2.26. The van der Waals surface area contributed by atoms with Crippen molar-refractivity contribution >= 4 is 17.3 Å². The Hall–Kier alpha value is -1.78. The molecule has 0 fully saturated rings. The van der Waals surface area contributed by atoms with E-state index in [4.69, 9.17) is 16.3 Å². The smallest absolute Gasteiger partial charge is 0.147 e. The lowest BCUT2D eigenvalue weighted by atomic mass is 10.3. The van der Waals surface area contributed by atoms with Crippen molar-refractivity contribution in [2.45, 2.75) is 6.10 Å². The number of aliphatic hydroxyl groups is 1. The van der Waals surface area contributed by atoms with Gasteiger partial charge in [-0.1, -0.05) is 35.9 Å². The summed E-state index contributed by atoms with van der Waals surface area (Å²) in [4.78, 5) is 0. The van der Waals surface area contributed by atoms with Crippen molar-refractivity contribution in [1.82, 2.24) is 0 Å². The van der Waals surface area contributed by atoms with Gasteiger partial charge in [-0.15, -0.1) is 0 Å². The van der Waals surface area contributed by atoms with Crippen LogP contribution in [0.25, 0.3) is 0 Å². The highest BCUT2D eigenvalue weighted by atomic mass is 35.5. The molecule has 3 nitrogen and oxygen atoms in total. The van der Waals surface area contributed by atoms with Crippen molar-refractivity contribution in [1.29, 1.82) is 0 Å². The van der Waals surface area contributed by atoms with Gasteiger partial charge in [0.1, 0.15) is 24.3 Å². The molecule has 20 heavy (non-hydrogen) atoms. The van der Waals surface area contributed by atoms with E-state index < -0.39 is 11.9 Å². The number of para-hydroxylation sites is 2. The lowest BCUT2D eigenvalue weighted by molar-refractivity contribution is 0.117. The largest absolute Gasteiger partial charge is 0.491 e. The number of halogens is 2. The van der Waals surface area contributed by atoms with E-state index in [0.29, 0.717) is 5.75 Å². The molecule has 1 unspecified atom stereocenters. The number of hydrogen-bond acceptors (Lipinski definition) is 3. The van der Waals surface area contributed by atoms with Crippen LogP contribution < -0.4 is 10.1 Å². The molecule has 0 bridgehead atoms. The minimum absolute atomic E-state index is 0.114. The van der Waals surface area contributed by atoms with Crippen LogP contribution in [0.3, 0.4) is 0 Å². The first kappa shape index (κ1) is 14.6. The summed E-state index contributed by atoms with van der Waals surface area (Å²) in [6.45, 7) is 0.260. The van der Waals surface area contributed by atoms with E-state index in [9.17, 15) is 9.50 Å². The molecule has 0 saturated heterocycles. The first-order valence-electron chi connectivity index (χ1n) is 6.20. The highest BCUT2D eigenvalue weighted by molar-refractivity contribution is 6.33. The molecule has 0 radical (unpaired) electrons. The zero-order valence-electron chi connectivity index (χ0n) is 10.7. The van der Waals surface area contributed by atoms with Crippen molar-refractivity contribution in [2.24, 2.45) is 0 Å². The number of benzene rings is 2. The van der Waals surface area contributed by atoms with Crippen molar-refractivity contribution in [3.63, 3.8) is 0 Å². The van der Waals surface area contributed by atoms with Gasteiger partial charge in [0.15, 0.2) is 0 Å². The van der Waals surface area contributed by atoms with Gasteiger partial charge in [0, 0.05) is 6.54 Å². The standard InChI is InChI=1S/C15H15ClFNO2/c16-13-7-4-8-14(17)15(13)18-9-11(19)10-20-12-5-2-1-3-6-12/h1-8,11,18-19H,9-10H2. The molecule has 0 aliphatic carbocycles.